The Morgan fingerprint density at radius 2 is 2.00 bits per heavy atom. The van der Waals surface area contributed by atoms with Crippen molar-refractivity contribution in [3.05, 3.63) is 29.8 Å². The lowest BCUT2D eigenvalue weighted by atomic mass is 9.87. The average Bonchev–Trinajstić information content (AvgIpc) is 2.26. The van der Waals surface area contributed by atoms with Crippen LogP contribution in [0.3, 0.4) is 0 Å². The first kappa shape index (κ1) is 13.4. The first-order chi connectivity index (χ1) is 8.49. The van der Waals surface area contributed by atoms with E-state index in [2.05, 4.69) is 57.3 Å². The van der Waals surface area contributed by atoms with Crippen LogP contribution in [0.2, 0.25) is 0 Å². The molecule has 1 N–H and O–H groups in total. The lowest BCUT2D eigenvalue weighted by molar-refractivity contribution is 0.0858. The van der Waals surface area contributed by atoms with Gasteiger partial charge in [0.25, 0.3) is 0 Å². The molecule has 0 amide bonds. The normalized spacial score (nSPS) is 23.6. The molecule has 18 heavy (non-hydrogen) atoms. The van der Waals surface area contributed by atoms with E-state index in [-0.39, 0.29) is 5.41 Å². The highest BCUT2D eigenvalue weighted by Crippen LogP contribution is 2.29. The average molecular weight is 247 g/mol. The summed E-state index contributed by atoms with van der Waals surface area (Å²) in [5.74, 6) is 1.02. The molecule has 1 aliphatic rings. The first-order valence-corrected chi connectivity index (χ1v) is 6.99. The van der Waals surface area contributed by atoms with Gasteiger partial charge >= 0.3 is 0 Å². The Bertz CT molecular complexity index is 388. The number of hydrogen-bond acceptors (Lipinski definition) is 2. The summed E-state index contributed by atoms with van der Waals surface area (Å²) < 4.78 is 6.02. The van der Waals surface area contributed by atoms with Gasteiger partial charge in [0, 0.05) is 6.04 Å². The second-order valence-corrected chi connectivity index (χ2v) is 6.24. The van der Waals surface area contributed by atoms with Gasteiger partial charge in [-0.1, -0.05) is 39.8 Å². The summed E-state index contributed by atoms with van der Waals surface area (Å²) >= 11 is 0. The van der Waals surface area contributed by atoms with E-state index in [1.54, 1.807) is 0 Å². The second-order valence-electron chi connectivity index (χ2n) is 6.24. The zero-order valence-corrected chi connectivity index (χ0v) is 12.0. The van der Waals surface area contributed by atoms with Crippen molar-refractivity contribution in [3.63, 3.8) is 0 Å². The van der Waals surface area contributed by atoms with Crippen LogP contribution in [0, 0.1) is 0 Å². The molecule has 1 aliphatic carbocycles. The van der Waals surface area contributed by atoms with E-state index in [0.717, 1.165) is 25.1 Å². The largest absolute Gasteiger partial charge is 0.490 e. The lowest BCUT2D eigenvalue weighted by Crippen LogP contribution is -2.46. The van der Waals surface area contributed by atoms with Crippen molar-refractivity contribution in [2.24, 2.45) is 0 Å². The molecule has 2 rings (SSSR count). The van der Waals surface area contributed by atoms with Gasteiger partial charge in [-0.3, -0.25) is 0 Å². The molecule has 0 bridgehead atoms. The molecule has 0 aromatic heterocycles. The molecule has 1 aromatic carbocycles. The highest BCUT2D eigenvalue weighted by molar-refractivity contribution is 5.32. The van der Waals surface area contributed by atoms with E-state index in [9.17, 15) is 0 Å². The standard InChI is InChI=1S/C16H25NO/c1-5-17-13-10-15(11-13)18-14-8-6-7-12(9-14)16(2,3)4/h6-9,13,15,17H,5,10-11H2,1-4H3. The molecule has 1 aromatic rings. The third-order valence-electron chi connectivity index (χ3n) is 3.59. The zero-order valence-electron chi connectivity index (χ0n) is 12.0. The van der Waals surface area contributed by atoms with Crippen molar-refractivity contribution < 1.29 is 4.74 Å². The maximum Gasteiger partial charge on any atom is 0.120 e. The molecule has 1 saturated carbocycles. The Balaban J connectivity index is 1.91. The fourth-order valence-corrected chi connectivity index (χ4v) is 2.35. The molecule has 0 radical (unpaired) electrons. The molecule has 0 spiro atoms. The molecule has 0 aliphatic heterocycles. The topological polar surface area (TPSA) is 21.3 Å². The molecule has 0 saturated heterocycles. The Kier molecular flexibility index (Phi) is 3.96. The molecule has 0 atom stereocenters. The first-order valence-electron chi connectivity index (χ1n) is 6.99. The SMILES string of the molecule is CCNC1CC(Oc2cccc(C(C)(C)C)c2)C1. The summed E-state index contributed by atoms with van der Waals surface area (Å²) in [4.78, 5) is 0. The minimum atomic E-state index is 0.186. The fraction of sp³-hybridized carbons (Fsp3) is 0.625. The van der Waals surface area contributed by atoms with E-state index in [0.29, 0.717) is 12.1 Å². The molecule has 1 fully saturated rings. The number of benzene rings is 1. The lowest BCUT2D eigenvalue weighted by Gasteiger charge is -2.36. The molecule has 0 heterocycles. The predicted octanol–water partition coefficient (Wildman–Crippen LogP) is 3.50. The quantitative estimate of drug-likeness (QED) is 0.879. The van der Waals surface area contributed by atoms with E-state index >= 15 is 0 Å². The summed E-state index contributed by atoms with van der Waals surface area (Å²) in [6.07, 6.45) is 2.66. The van der Waals surface area contributed by atoms with Gasteiger partial charge in [0.1, 0.15) is 11.9 Å². The summed E-state index contributed by atoms with van der Waals surface area (Å²) in [7, 11) is 0. The third-order valence-corrected chi connectivity index (χ3v) is 3.59. The van der Waals surface area contributed by atoms with Gasteiger partial charge in [-0.05, 0) is 42.5 Å². The number of nitrogens with one attached hydrogen (secondary N) is 1. The van der Waals surface area contributed by atoms with E-state index in [1.165, 1.54) is 5.56 Å². The number of ether oxygens (including phenoxy) is 1. The summed E-state index contributed by atoms with van der Waals surface area (Å²) in [5.41, 5.74) is 1.52. The predicted molar refractivity (Wildman–Crippen MR) is 76.3 cm³/mol. The van der Waals surface area contributed by atoms with Gasteiger partial charge in [-0.25, -0.2) is 0 Å². The van der Waals surface area contributed by atoms with Gasteiger partial charge in [0.15, 0.2) is 0 Å². The minimum Gasteiger partial charge on any atom is -0.490 e. The summed E-state index contributed by atoms with van der Waals surface area (Å²) in [5, 5.41) is 3.45. The van der Waals surface area contributed by atoms with Crippen LogP contribution in [0.25, 0.3) is 0 Å². The van der Waals surface area contributed by atoms with Crippen molar-refractivity contribution in [3.8, 4) is 5.75 Å². The van der Waals surface area contributed by atoms with Gasteiger partial charge < -0.3 is 10.1 Å². The molecule has 2 nitrogen and oxygen atoms in total. The van der Waals surface area contributed by atoms with Crippen LogP contribution in [0.1, 0.15) is 46.1 Å². The van der Waals surface area contributed by atoms with Crippen LogP contribution in [0.5, 0.6) is 5.75 Å². The molecule has 0 unspecified atom stereocenters. The van der Waals surface area contributed by atoms with Crippen molar-refractivity contribution in [2.75, 3.05) is 6.54 Å². The van der Waals surface area contributed by atoms with Crippen LogP contribution in [-0.2, 0) is 5.41 Å². The molecular weight excluding hydrogens is 222 g/mol. The Morgan fingerprint density at radius 1 is 1.28 bits per heavy atom. The second kappa shape index (κ2) is 5.31. The van der Waals surface area contributed by atoms with Gasteiger partial charge in [0.2, 0.25) is 0 Å². The highest BCUT2D eigenvalue weighted by atomic mass is 16.5. The monoisotopic (exact) mass is 247 g/mol. The van der Waals surface area contributed by atoms with E-state index in [4.69, 9.17) is 4.74 Å². The van der Waals surface area contributed by atoms with Crippen LogP contribution in [0.15, 0.2) is 24.3 Å². The van der Waals surface area contributed by atoms with Gasteiger partial charge in [-0.15, -0.1) is 0 Å². The smallest absolute Gasteiger partial charge is 0.120 e. The van der Waals surface area contributed by atoms with Crippen molar-refractivity contribution in [2.45, 2.75) is 58.1 Å². The Morgan fingerprint density at radius 3 is 2.61 bits per heavy atom. The minimum absolute atomic E-state index is 0.186. The fourth-order valence-electron chi connectivity index (χ4n) is 2.35. The third kappa shape index (κ3) is 3.26. The zero-order chi connectivity index (χ0) is 13.2. The van der Waals surface area contributed by atoms with Crippen LogP contribution in [0.4, 0.5) is 0 Å². The highest BCUT2D eigenvalue weighted by Gasteiger charge is 2.30. The molecule has 100 valence electrons. The van der Waals surface area contributed by atoms with Crippen LogP contribution >= 0.6 is 0 Å². The van der Waals surface area contributed by atoms with E-state index < -0.39 is 0 Å². The van der Waals surface area contributed by atoms with E-state index in [1.807, 2.05) is 0 Å². The van der Waals surface area contributed by atoms with Gasteiger partial charge in [0.05, 0.1) is 0 Å². The number of rotatable bonds is 4. The van der Waals surface area contributed by atoms with Crippen LogP contribution < -0.4 is 10.1 Å². The summed E-state index contributed by atoms with van der Waals surface area (Å²) in [6, 6.07) is 9.17. The number of hydrogen-bond donors (Lipinski definition) is 1. The Hall–Kier alpha value is -1.02. The maximum atomic E-state index is 6.02. The van der Waals surface area contributed by atoms with Crippen molar-refractivity contribution in [1.82, 2.24) is 5.32 Å². The Labute approximate surface area is 111 Å². The van der Waals surface area contributed by atoms with Crippen molar-refractivity contribution in [1.29, 1.82) is 0 Å². The van der Waals surface area contributed by atoms with Crippen LogP contribution in [-0.4, -0.2) is 18.7 Å². The molecular formula is C16H25NO. The molecule has 2 heteroatoms. The summed E-state index contributed by atoms with van der Waals surface area (Å²) in [6.45, 7) is 9.90. The maximum absolute atomic E-state index is 6.02. The van der Waals surface area contributed by atoms with Gasteiger partial charge in [-0.2, -0.15) is 0 Å². The van der Waals surface area contributed by atoms with Crippen molar-refractivity contribution >= 4 is 0 Å².